The number of carboxylic acid groups (broad SMARTS) is 1. The van der Waals surface area contributed by atoms with Gasteiger partial charge in [0.05, 0.1) is 0 Å². The Kier molecular flexibility index (Phi) is 30.7. The van der Waals surface area contributed by atoms with E-state index >= 15 is 0 Å². The van der Waals surface area contributed by atoms with E-state index in [9.17, 15) is 4.79 Å². The fraction of sp³-hybridized carbons (Fsp3) is 0.833. The van der Waals surface area contributed by atoms with Gasteiger partial charge in [-0.25, -0.2) is 0 Å². The molecule has 0 amide bonds. The summed E-state index contributed by atoms with van der Waals surface area (Å²) in [5, 5.41) is 8.51. The average molecular weight is 380 g/mol. The Labute approximate surface area is 178 Å². The van der Waals surface area contributed by atoms with Gasteiger partial charge in [0, 0.05) is 23.5 Å². The molecule has 0 aromatic rings. The van der Waals surface area contributed by atoms with Gasteiger partial charge in [0.1, 0.15) is 0 Å². The van der Waals surface area contributed by atoms with Crippen molar-refractivity contribution in [1.82, 2.24) is 0 Å². The normalized spacial score (nSPS) is 10.2. The first-order chi connectivity index (χ1) is 9.77. The molecule has 0 unspecified atom stereocenters. The molecule has 0 fully saturated rings. The Balaban J connectivity index is -0.00000180. The molecule has 0 aliphatic heterocycles. The molecule has 1 N–H and O–H groups in total. The van der Waals surface area contributed by atoms with E-state index < -0.39 is 5.97 Å². The van der Waals surface area contributed by atoms with E-state index in [-0.39, 0.29) is 54.8 Å². The molecule has 0 spiro atoms. The van der Waals surface area contributed by atoms with Crippen molar-refractivity contribution in [3.8, 4) is 0 Å². The van der Waals surface area contributed by atoms with Gasteiger partial charge < -0.3 is 5.11 Å². The SMILES string of the molecule is CCCCCCCC/C=C\CCCCCCCC(=O)O.[CaH2].[Fe]. The van der Waals surface area contributed by atoms with Crippen LogP contribution in [0.5, 0.6) is 0 Å². The molecule has 0 aromatic heterocycles. The van der Waals surface area contributed by atoms with Crippen molar-refractivity contribution in [3.05, 3.63) is 12.2 Å². The third-order valence-corrected chi connectivity index (χ3v) is 3.65. The van der Waals surface area contributed by atoms with Gasteiger partial charge in [-0.05, 0) is 32.1 Å². The zero-order valence-corrected chi connectivity index (χ0v) is 14.9. The number of rotatable bonds is 15. The molecule has 0 radical (unpaired) electrons. The summed E-state index contributed by atoms with van der Waals surface area (Å²) in [6.07, 6.45) is 21.2. The summed E-state index contributed by atoms with van der Waals surface area (Å²) >= 11 is 0. The monoisotopic (exact) mass is 380 g/mol. The molecule has 0 aromatic carbocycles. The second kappa shape index (κ2) is 24.2. The molecule has 0 atom stereocenters. The molecule has 0 aliphatic rings. The maximum absolute atomic E-state index is 10.3. The average Bonchev–Trinajstić information content (AvgIpc) is 2.43. The van der Waals surface area contributed by atoms with E-state index in [2.05, 4.69) is 19.1 Å². The number of allylic oxidation sites excluding steroid dienone is 2. The molecular weight excluding hydrogens is 344 g/mol. The summed E-state index contributed by atoms with van der Waals surface area (Å²) in [6, 6.07) is 0. The molecular formula is C18H36CaFeO2. The molecule has 0 rings (SSSR count). The maximum atomic E-state index is 10.3. The van der Waals surface area contributed by atoms with Crippen molar-refractivity contribution in [2.24, 2.45) is 0 Å². The van der Waals surface area contributed by atoms with Crippen molar-refractivity contribution in [3.63, 3.8) is 0 Å². The van der Waals surface area contributed by atoms with Gasteiger partial charge >= 0.3 is 43.7 Å². The van der Waals surface area contributed by atoms with E-state index in [4.69, 9.17) is 5.11 Å². The van der Waals surface area contributed by atoms with Gasteiger partial charge in [-0.15, -0.1) is 0 Å². The summed E-state index contributed by atoms with van der Waals surface area (Å²) in [6.45, 7) is 2.26. The second-order valence-electron chi connectivity index (χ2n) is 5.73. The van der Waals surface area contributed by atoms with Crippen molar-refractivity contribution in [2.75, 3.05) is 0 Å². The van der Waals surface area contributed by atoms with Crippen LogP contribution >= 0.6 is 0 Å². The first-order valence-electron chi connectivity index (χ1n) is 8.64. The molecule has 2 nitrogen and oxygen atoms in total. The van der Waals surface area contributed by atoms with Gasteiger partial charge in [0.2, 0.25) is 0 Å². The van der Waals surface area contributed by atoms with Crippen LogP contribution in [-0.2, 0) is 21.9 Å². The minimum atomic E-state index is -0.664. The summed E-state index contributed by atoms with van der Waals surface area (Å²) in [5.41, 5.74) is 0. The molecule has 4 heteroatoms. The first-order valence-corrected chi connectivity index (χ1v) is 8.64. The molecule has 130 valence electrons. The Morgan fingerprint density at radius 2 is 1.18 bits per heavy atom. The summed E-state index contributed by atoms with van der Waals surface area (Å²) in [5.74, 6) is -0.664. The molecule has 0 bridgehead atoms. The number of aliphatic carboxylic acids is 1. The largest absolute Gasteiger partial charge is 0 e. The molecule has 0 saturated carbocycles. The smallest absolute Gasteiger partial charge is 0 e. The number of hydrogen-bond acceptors (Lipinski definition) is 1. The number of carbonyl (C=O) groups is 1. The van der Waals surface area contributed by atoms with E-state index in [0.29, 0.717) is 6.42 Å². The van der Waals surface area contributed by atoms with Crippen LogP contribution in [0.1, 0.15) is 96.8 Å². The van der Waals surface area contributed by atoms with Gasteiger partial charge in [0.15, 0.2) is 0 Å². The maximum Gasteiger partial charge on any atom is 0 e. The molecule has 0 heterocycles. The van der Waals surface area contributed by atoms with E-state index in [1.165, 1.54) is 70.6 Å². The zero-order chi connectivity index (χ0) is 14.9. The standard InChI is InChI=1S/C18H34O2.Ca.Fe.2H/c1-2-3-4-5-6-7-8-9-10-11-12-13-14-15-16-17-18(19)20;;;;/h9-10H,2-8,11-17H2,1H3,(H,19,20);;;;/b10-9-;;;;. The Hall–Kier alpha value is 0.989. The van der Waals surface area contributed by atoms with Crippen LogP contribution in [0.3, 0.4) is 0 Å². The minimum absolute atomic E-state index is 0. The summed E-state index contributed by atoms with van der Waals surface area (Å²) < 4.78 is 0. The Morgan fingerprint density at radius 1 is 0.773 bits per heavy atom. The minimum Gasteiger partial charge on any atom is 0 e. The van der Waals surface area contributed by atoms with Gasteiger partial charge in [-0.3, -0.25) is 4.79 Å². The van der Waals surface area contributed by atoms with Crippen LogP contribution in [0, 0.1) is 0 Å². The van der Waals surface area contributed by atoms with Crippen LogP contribution < -0.4 is 0 Å². The van der Waals surface area contributed by atoms with Crippen molar-refractivity contribution in [1.29, 1.82) is 0 Å². The number of carboxylic acids is 1. The Morgan fingerprint density at radius 3 is 1.64 bits per heavy atom. The predicted molar refractivity (Wildman–Crippen MR) is 95.6 cm³/mol. The van der Waals surface area contributed by atoms with Crippen LogP contribution in [-0.4, -0.2) is 48.8 Å². The summed E-state index contributed by atoms with van der Waals surface area (Å²) in [7, 11) is 0. The van der Waals surface area contributed by atoms with Crippen LogP contribution in [0.4, 0.5) is 0 Å². The topological polar surface area (TPSA) is 37.3 Å². The van der Waals surface area contributed by atoms with Crippen molar-refractivity contribution in [2.45, 2.75) is 96.8 Å². The van der Waals surface area contributed by atoms with Crippen LogP contribution in [0.15, 0.2) is 12.2 Å². The van der Waals surface area contributed by atoms with Crippen molar-refractivity contribution >= 4 is 43.7 Å². The van der Waals surface area contributed by atoms with Crippen molar-refractivity contribution < 1.29 is 27.0 Å². The third kappa shape index (κ3) is 25.9. The fourth-order valence-electron chi connectivity index (χ4n) is 2.35. The Bertz CT molecular complexity index is 245. The summed E-state index contributed by atoms with van der Waals surface area (Å²) in [4.78, 5) is 10.3. The van der Waals surface area contributed by atoms with E-state index in [1.54, 1.807) is 0 Å². The van der Waals surface area contributed by atoms with Crippen LogP contribution in [0.2, 0.25) is 0 Å². The number of unbranched alkanes of at least 4 members (excludes halogenated alkanes) is 11. The van der Waals surface area contributed by atoms with Gasteiger partial charge in [0.25, 0.3) is 0 Å². The van der Waals surface area contributed by atoms with Gasteiger partial charge in [-0.2, -0.15) is 0 Å². The predicted octanol–water partition coefficient (Wildman–Crippen LogP) is 5.19. The van der Waals surface area contributed by atoms with Crippen LogP contribution in [0.25, 0.3) is 0 Å². The zero-order valence-electron chi connectivity index (χ0n) is 13.8. The van der Waals surface area contributed by atoms with Gasteiger partial charge in [-0.1, -0.05) is 70.4 Å². The molecule has 0 aliphatic carbocycles. The quantitative estimate of drug-likeness (QED) is 0.241. The number of hydrogen-bond donors (Lipinski definition) is 1. The molecule has 22 heavy (non-hydrogen) atoms. The van der Waals surface area contributed by atoms with E-state index in [0.717, 1.165) is 12.8 Å². The third-order valence-electron chi connectivity index (χ3n) is 3.65. The molecule has 0 saturated heterocycles. The fourth-order valence-corrected chi connectivity index (χ4v) is 2.35. The van der Waals surface area contributed by atoms with E-state index in [1.807, 2.05) is 0 Å². The second-order valence-corrected chi connectivity index (χ2v) is 5.73. The first kappa shape index (κ1) is 27.8.